The van der Waals surface area contributed by atoms with Crippen molar-refractivity contribution in [3.8, 4) is 0 Å². The molecule has 0 bridgehead atoms. The summed E-state index contributed by atoms with van der Waals surface area (Å²) in [6.07, 6.45) is 7.75. The van der Waals surface area contributed by atoms with Gasteiger partial charge >= 0.3 is 0 Å². The van der Waals surface area contributed by atoms with E-state index in [0.717, 1.165) is 38.2 Å². The van der Waals surface area contributed by atoms with Crippen LogP contribution < -0.4 is 0 Å². The van der Waals surface area contributed by atoms with Crippen LogP contribution in [0.5, 0.6) is 0 Å². The van der Waals surface area contributed by atoms with Crippen LogP contribution in [0.15, 0.2) is 28.3 Å². The zero-order valence-corrected chi connectivity index (χ0v) is 11.1. The molecule has 17 heavy (non-hydrogen) atoms. The third-order valence-corrected chi connectivity index (χ3v) is 3.41. The Kier molecular flexibility index (Phi) is 4.16. The van der Waals surface area contributed by atoms with Gasteiger partial charge in [0, 0.05) is 18.4 Å². The topological polar surface area (TPSA) is 37.6 Å². The lowest BCUT2D eigenvalue weighted by molar-refractivity contribution is 1.19. The molecule has 0 radical (unpaired) electrons. The van der Waals surface area contributed by atoms with Crippen LogP contribution in [0.4, 0.5) is 5.69 Å². The molecule has 0 amide bonds. The standard InChI is InChI=1S/C13H16N3P/c1-3-6-14-11(4-2)13-12-10(5-7-15-13)8-17-9-16-12/h4-7,9,17H,3,8H2,1-2H3/b11-4-,14-6?. The summed E-state index contributed by atoms with van der Waals surface area (Å²) in [5.74, 6) is 1.99. The summed E-state index contributed by atoms with van der Waals surface area (Å²) in [7, 11) is 0.783. The van der Waals surface area contributed by atoms with Gasteiger partial charge in [-0.3, -0.25) is 15.0 Å². The van der Waals surface area contributed by atoms with E-state index in [9.17, 15) is 0 Å². The van der Waals surface area contributed by atoms with Gasteiger partial charge in [0.25, 0.3) is 0 Å². The molecule has 1 aromatic rings. The minimum atomic E-state index is 0.783. The molecule has 1 atom stereocenters. The average molecular weight is 245 g/mol. The van der Waals surface area contributed by atoms with Crippen molar-refractivity contribution in [2.75, 3.05) is 0 Å². The van der Waals surface area contributed by atoms with Crippen LogP contribution >= 0.6 is 8.58 Å². The Morgan fingerprint density at radius 1 is 1.59 bits per heavy atom. The van der Waals surface area contributed by atoms with Crippen LogP contribution in [0.2, 0.25) is 0 Å². The van der Waals surface area contributed by atoms with Gasteiger partial charge in [-0.2, -0.15) is 0 Å². The summed E-state index contributed by atoms with van der Waals surface area (Å²) in [5, 5.41) is 0. The molecule has 1 aliphatic heterocycles. The van der Waals surface area contributed by atoms with Crippen LogP contribution in [-0.2, 0) is 6.16 Å². The number of fused-ring (bicyclic) bond motifs is 1. The molecule has 0 aliphatic carbocycles. The van der Waals surface area contributed by atoms with Crippen molar-refractivity contribution < 1.29 is 0 Å². The van der Waals surface area contributed by atoms with Gasteiger partial charge in [0.15, 0.2) is 0 Å². The van der Waals surface area contributed by atoms with Crippen LogP contribution in [0, 0.1) is 0 Å². The summed E-state index contributed by atoms with van der Waals surface area (Å²) in [6, 6.07) is 2.05. The third kappa shape index (κ3) is 2.67. The highest BCUT2D eigenvalue weighted by molar-refractivity contribution is 7.54. The second-order valence-electron chi connectivity index (χ2n) is 3.70. The second kappa shape index (κ2) is 5.83. The number of rotatable bonds is 3. The van der Waals surface area contributed by atoms with Crippen LogP contribution in [-0.4, -0.2) is 17.2 Å². The first-order chi connectivity index (χ1) is 8.36. The quantitative estimate of drug-likeness (QED) is 0.590. The lowest BCUT2D eigenvalue weighted by Gasteiger charge is -2.13. The molecule has 2 rings (SSSR count). The van der Waals surface area contributed by atoms with Crippen molar-refractivity contribution in [3.63, 3.8) is 0 Å². The van der Waals surface area contributed by atoms with Gasteiger partial charge in [0.1, 0.15) is 5.69 Å². The van der Waals surface area contributed by atoms with Crippen molar-refractivity contribution in [2.45, 2.75) is 26.4 Å². The molecular formula is C13H16N3P. The lowest BCUT2D eigenvalue weighted by atomic mass is 10.1. The highest BCUT2D eigenvalue weighted by Crippen LogP contribution is 2.35. The Bertz CT molecular complexity index is 489. The minimum absolute atomic E-state index is 0.783. The molecule has 0 saturated carbocycles. The first-order valence-electron chi connectivity index (χ1n) is 5.79. The number of aliphatic imine (C=N–C) groups is 2. The maximum atomic E-state index is 4.48. The van der Waals surface area contributed by atoms with E-state index < -0.39 is 0 Å². The number of nitrogens with zero attached hydrogens (tertiary/aromatic N) is 3. The van der Waals surface area contributed by atoms with Gasteiger partial charge < -0.3 is 0 Å². The number of aromatic nitrogens is 1. The fourth-order valence-corrected chi connectivity index (χ4v) is 2.51. The molecule has 0 fully saturated rings. The van der Waals surface area contributed by atoms with Gasteiger partial charge in [0.2, 0.25) is 0 Å². The minimum Gasteiger partial charge on any atom is -0.259 e. The Morgan fingerprint density at radius 2 is 2.47 bits per heavy atom. The highest BCUT2D eigenvalue weighted by Gasteiger charge is 2.13. The number of hydrogen-bond donors (Lipinski definition) is 0. The first-order valence-corrected chi connectivity index (χ1v) is 7.08. The van der Waals surface area contributed by atoms with E-state index in [-0.39, 0.29) is 0 Å². The SMILES string of the molecule is C/C=C(\N=CCC)c1nccc2c1N=CPC2. The summed E-state index contributed by atoms with van der Waals surface area (Å²) in [4.78, 5) is 13.3. The predicted molar refractivity (Wildman–Crippen MR) is 76.8 cm³/mol. The van der Waals surface area contributed by atoms with Crippen LogP contribution in [0.25, 0.3) is 5.70 Å². The summed E-state index contributed by atoms with van der Waals surface area (Å²) in [6.45, 7) is 4.06. The predicted octanol–water partition coefficient (Wildman–Crippen LogP) is 3.78. The second-order valence-corrected chi connectivity index (χ2v) is 4.72. The van der Waals surface area contributed by atoms with Gasteiger partial charge in [-0.15, -0.1) is 0 Å². The Hall–Kier alpha value is -1.34. The van der Waals surface area contributed by atoms with Gasteiger partial charge in [0.05, 0.1) is 11.4 Å². The summed E-state index contributed by atoms with van der Waals surface area (Å²) < 4.78 is 0. The number of allylic oxidation sites excluding steroid dienone is 1. The fraction of sp³-hybridized carbons (Fsp3) is 0.308. The van der Waals surface area contributed by atoms with E-state index in [4.69, 9.17) is 0 Å². The molecule has 0 saturated heterocycles. The van der Waals surface area contributed by atoms with Gasteiger partial charge in [-0.05, 0) is 31.1 Å². The van der Waals surface area contributed by atoms with Crippen LogP contribution in [0.3, 0.4) is 0 Å². The normalized spacial score (nSPS) is 16.7. The van der Waals surface area contributed by atoms with Gasteiger partial charge in [-0.1, -0.05) is 21.6 Å². The molecule has 88 valence electrons. The molecule has 3 nitrogen and oxygen atoms in total. The van der Waals surface area contributed by atoms with E-state index in [1.165, 1.54) is 5.56 Å². The Labute approximate surface area is 104 Å². The molecule has 0 spiro atoms. The summed E-state index contributed by atoms with van der Waals surface area (Å²) in [5.41, 5.74) is 4.08. The molecule has 2 heterocycles. The molecule has 0 aromatic carbocycles. The van der Waals surface area contributed by atoms with E-state index in [2.05, 4.69) is 28.0 Å². The van der Waals surface area contributed by atoms with E-state index in [0.29, 0.717) is 0 Å². The Morgan fingerprint density at radius 3 is 3.24 bits per heavy atom. The maximum absolute atomic E-state index is 4.48. The summed E-state index contributed by atoms with van der Waals surface area (Å²) >= 11 is 0. The molecule has 1 unspecified atom stereocenters. The van der Waals surface area contributed by atoms with Crippen molar-refractivity contribution in [2.24, 2.45) is 9.98 Å². The molecule has 1 aromatic heterocycles. The molecule has 1 aliphatic rings. The molecular weight excluding hydrogens is 229 g/mol. The monoisotopic (exact) mass is 245 g/mol. The van der Waals surface area contributed by atoms with Crippen molar-refractivity contribution in [1.29, 1.82) is 0 Å². The zero-order chi connectivity index (χ0) is 12.1. The zero-order valence-electron chi connectivity index (χ0n) is 10.1. The third-order valence-electron chi connectivity index (χ3n) is 2.51. The number of pyridine rings is 1. The van der Waals surface area contributed by atoms with Crippen molar-refractivity contribution >= 4 is 32.1 Å². The highest BCUT2D eigenvalue weighted by atomic mass is 31.1. The van der Waals surface area contributed by atoms with E-state index in [1.54, 1.807) is 0 Å². The molecule has 4 heteroatoms. The largest absolute Gasteiger partial charge is 0.259 e. The lowest BCUT2D eigenvalue weighted by Crippen LogP contribution is -1.95. The van der Waals surface area contributed by atoms with E-state index in [1.807, 2.05) is 31.4 Å². The smallest absolute Gasteiger partial charge is 0.114 e. The Balaban J connectivity index is 2.46. The maximum Gasteiger partial charge on any atom is 0.114 e. The molecule has 0 N–H and O–H groups in total. The van der Waals surface area contributed by atoms with Crippen molar-refractivity contribution in [3.05, 3.63) is 29.6 Å². The van der Waals surface area contributed by atoms with Crippen molar-refractivity contribution in [1.82, 2.24) is 4.98 Å². The average Bonchev–Trinajstić information content (AvgIpc) is 2.40. The van der Waals surface area contributed by atoms with Gasteiger partial charge in [-0.25, -0.2) is 0 Å². The van der Waals surface area contributed by atoms with E-state index >= 15 is 0 Å². The number of hydrogen-bond acceptors (Lipinski definition) is 3. The van der Waals surface area contributed by atoms with Crippen LogP contribution in [0.1, 0.15) is 31.5 Å². The first kappa shape index (κ1) is 12.1. The fourth-order valence-electron chi connectivity index (χ4n) is 1.70.